The average molecular weight is 345 g/mol. The number of rotatable bonds is 8. The van der Waals surface area contributed by atoms with Gasteiger partial charge in [-0.2, -0.15) is 0 Å². The molecule has 0 atom stereocenters. The number of nitrogens with one attached hydrogen (secondary N) is 2. The van der Waals surface area contributed by atoms with E-state index in [1.807, 2.05) is 14.1 Å². The van der Waals surface area contributed by atoms with Gasteiger partial charge in [-0.15, -0.1) is 0 Å². The first kappa shape index (κ1) is 18.5. The molecule has 1 aromatic heterocycles. The Labute approximate surface area is 147 Å². The lowest BCUT2D eigenvalue weighted by molar-refractivity contribution is 0.102. The highest BCUT2D eigenvalue weighted by molar-refractivity contribution is 6.04. The van der Waals surface area contributed by atoms with Crippen molar-refractivity contribution in [3.05, 3.63) is 36.3 Å². The van der Waals surface area contributed by atoms with E-state index in [1.54, 1.807) is 31.4 Å². The molecule has 8 nitrogen and oxygen atoms in total. The Morgan fingerprint density at radius 2 is 1.96 bits per heavy atom. The highest BCUT2D eigenvalue weighted by atomic mass is 16.5. The second kappa shape index (κ2) is 8.84. The van der Waals surface area contributed by atoms with E-state index in [2.05, 4.69) is 25.5 Å². The Hall–Kier alpha value is -2.87. The molecule has 0 radical (unpaired) electrons. The first-order chi connectivity index (χ1) is 12.0. The first-order valence-corrected chi connectivity index (χ1v) is 7.77. The summed E-state index contributed by atoms with van der Waals surface area (Å²) in [5.41, 5.74) is 0.800. The fourth-order valence-electron chi connectivity index (χ4n) is 2.07. The number of nitrogens with zero attached hydrogens (tertiary/aromatic N) is 3. The number of methoxy groups -OCH3 is 2. The minimum atomic E-state index is -0.346. The van der Waals surface area contributed by atoms with Gasteiger partial charge in [-0.25, -0.2) is 9.97 Å². The third-order valence-corrected chi connectivity index (χ3v) is 3.42. The summed E-state index contributed by atoms with van der Waals surface area (Å²) >= 11 is 0. The summed E-state index contributed by atoms with van der Waals surface area (Å²) in [6.45, 7) is 1.58. The van der Waals surface area contributed by atoms with E-state index in [0.29, 0.717) is 23.0 Å². The Bertz CT molecular complexity index is 721. The number of anilines is 2. The van der Waals surface area contributed by atoms with Gasteiger partial charge < -0.3 is 25.0 Å². The van der Waals surface area contributed by atoms with Gasteiger partial charge in [0.25, 0.3) is 5.91 Å². The Kier molecular flexibility index (Phi) is 6.53. The third kappa shape index (κ3) is 5.32. The van der Waals surface area contributed by atoms with Crippen molar-refractivity contribution >= 4 is 17.4 Å². The highest BCUT2D eigenvalue weighted by Gasteiger charge is 2.13. The molecule has 0 saturated carbocycles. The van der Waals surface area contributed by atoms with E-state index in [0.717, 1.165) is 13.1 Å². The van der Waals surface area contributed by atoms with Crippen LogP contribution in [0.2, 0.25) is 0 Å². The number of aromatic nitrogens is 2. The zero-order chi connectivity index (χ0) is 18.2. The van der Waals surface area contributed by atoms with Crippen molar-refractivity contribution in [3.63, 3.8) is 0 Å². The molecule has 0 aliphatic heterocycles. The van der Waals surface area contributed by atoms with Crippen molar-refractivity contribution in [2.24, 2.45) is 0 Å². The molecule has 25 heavy (non-hydrogen) atoms. The summed E-state index contributed by atoms with van der Waals surface area (Å²) < 4.78 is 10.4. The zero-order valence-corrected chi connectivity index (χ0v) is 14.9. The number of hydrogen-bond acceptors (Lipinski definition) is 7. The normalized spacial score (nSPS) is 10.4. The van der Waals surface area contributed by atoms with Crippen LogP contribution in [0, 0.1) is 0 Å². The van der Waals surface area contributed by atoms with E-state index >= 15 is 0 Å². The molecule has 0 aliphatic carbocycles. The topological polar surface area (TPSA) is 88.6 Å². The Morgan fingerprint density at radius 3 is 2.64 bits per heavy atom. The Balaban J connectivity index is 2.08. The van der Waals surface area contributed by atoms with E-state index in [4.69, 9.17) is 9.47 Å². The molecular weight excluding hydrogens is 322 g/mol. The van der Waals surface area contributed by atoms with Gasteiger partial charge in [-0.3, -0.25) is 4.79 Å². The molecule has 0 saturated heterocycles. The van der Waals surface area contributed by atoms with Crippen LogP contribution in [-0.4, -0.2) is 62.2 Å². The molecule has 2 rings (SSSR count). The lowest BCUT2D eigenvalue weighted by Gasteiger charge is -2.12. The smallest absolute Gasteiger partial charge is 0.274 e. The molecule has 134 valence electrons. The van der Waals surface area contributed by atoms with Crippen LogP contribution in [0.3, 0.4) is 0 Å². The van der Waals surface area contributed by atoms with Crippen LogP contribution in [0.5, 0.6) is 11.5 Å². The lowest BCUT2D eigenvalue weighted by Crippen LogP contribution is -2.21. The third-order valence-electron chi connectivity index (χ3n) is 3.42. The van der Waals surface area contributed by atoms with Crippen LogP contribution in [-0.2, 0) is 0 Å². The first-order valence-electron chi connectivity index (χ1n) is 7.77. The fraction of sp³-hybridized carbons (Fsp3) is 0.353. The predicted molar refractivity (Wildman–Crippen MR) is 96.6 cm³/mol. The summed E-state index contributed by atoms with van der Waals surface area (Å²) in [6, 6.07) is 6.77. The van der Waals surface area contributed by atoms with Crippen molar-refractivity contribution in [2.45, 2.75) is 0 Å². The van der Waals surface area contributed by atoms with Crippen molar-refractivity contribution in [1.82, 2.24) is 14.9 Å². The highest BCUT2D eigenvalue weighted by Crippen LogP contribution is 2.29. The minimum Gasteiger partial charge on any atom is -0.497 e. The summed E-state index contributed by atoms with van der Waals surface area (Å²) in [5, 5.41) is 5.94. The number of likely N-dealkylation sites (N-methyl/N-ethyl adjacent to an activating group) is 1. The summed E-state index contributed by atoms with van der Waals surface area (Å²) in [7, 11) is 7.08. The maximum absolute atomic E-state index is 12.4. The summed E-state index contributed by atoms with van der Waals surface area (Å²) in [6.07, 6.45) is 1.36. The second-order valence-corrected chi connectivity index (χ2v) is 5.54. The van der Waals surface area contributed by atoms with Crippen molar-refractivity contribution in [2.75, 3.05) is 52.0 Å². The molecule has 2 N–H and O–H groups in total. The van der Waals surface area contributed by atoms with E-state index < -0.39 is 0 Å². The number of amides is 1. The van der Waals surface area contributed by atoms with E-state index in [1.165, 1.54) is 13.4 Å². The molecule has 0 unspecified atom stereocenters. The lowest BCUT2D eigenvalue weighted by atomic mass is 10.2. The molecule has 0 bridgehead atoms. The van der Waals surface area contributed by atoms with Gasteiger partial charge >= 0.3 is 0 Å². The van der Waals surface area contributed by atoms with Crippen molar-refractivity contribution in [3.8, 4) is 11.5 Å². The van der Waals surface area contributed by atoms with E-state index in [9.17, 15) is 4.79 Å². The second-order valence-electron chi connectivity index (χ2n) is 5.54. The quantitative estimate of drug-likeness (QED) is 0.753. The number of carbonyl (C=O) groups excluding carboxylic acids is 1. The summed E-state index contributed by atoms with van der Waals surface area (Å²) in [4.78, 5) is 22.6. The van der Waals surface area contributed by atoms with Gasteiger partial charge in [0.2, 0.25) is 0 Å². The predicted octanol–water partition coefficient (Wildman–Crippen LogP) is 1.72. The molecule has 2 aromatic rings. The standard InChI is InChI=1S/C17H23N5O3/c1-22(2)8-7-18-16-10-14(19-11-20-16)17(23)21-13-6-5-12(24-3)9-15(13)25-4/h5-6,9-11H,7-8H2,1-4H3,(H,21,23)(H,18,19,20). The summed E-state index contributed by atoms with van der Waals surface area (Å²) in [5.74, 6) is 1.40. The molecule has 0 fully saturated rings. The molecule has 1 aromatic carbocycles. The van der Waals surface area contributed by atoms with Gasteiger partial charge in [-0.1, -0.05) is 0 Å². The fourth-order valence-corrected chi connectivity index (χ4v) is 2.07. The molecule has 1 heterocycles. The number of benzene rings is 1. The van der Waals surface area contributed by atoms with Crippen LogP contribution < -0.4 is 20.1 Å². The SMILES string of the molecule is COc1ccc(NC(=O)c2cc(NCCN(C)C)ncn2)c(OC)c1. The average Bonchev–Trinajstić information content (AvgIpc) is 2.62. The Morgan fingerprint density at radius 1 is 1.16 bits per heavy atom. The largest absolute Gasteiger partial charge is 0.497 e. The van der Waals surface area contributed by atoms with Crippen LogP contribution in [0.25, 0.3) is 0 Å². The van der Waals surface area contributed by atoms with Crippen LogP contribution in [0.15, 0.2) is 30.6 Å². The van der Waals surface area contributed by atoms with Crippen LogP contribution in [0.4, 0.5) is 11.5 Å². The van der Waals surface area contributed by atoms with Gasteiger partial charge in [0.15, 0.2) is 0 Å². The molecule has 8 heteroatoms. The molecule has 0 aliphatic rings. The number of ether oxygens (including phenoxy) is 2. The van der Waals surface area contributed by atoms with Crippen LogP contribution >= 0.6 is 0 Å². The monoisotopic (exact) mass is 345 g/mol. The maximum atomic E-state index is 12.4. The van der Waals surface area contributed by atoms with Crippen LogP contribution in [0.1, 0.15) is 10.5 Å². The number of hydrogen-bond donors (Lipinski definition) is 2. The molecule has 1 amide bonds. The van der Waals surface area contributed by atoms with Gasteiger partial charge in [0.1, 0.15) is 29.3 Å². The van der Waals surface area contributed by atoms with Crippen molar-refractivity contribution in [1.29, 1.82) is 0 Å². The van der Waals surface area contributed by atoms with Gasteiger partial charge in [-0.05, 0) is 26.2 Å². The molecule has 0 spiro atoms. The van der Waals surface area contributed by atoms with Gasteiger partial charge in [0.05, 0.1) is 19.9 Å². The zero-order valence-electron chi connectivity index (χ0n) is 14.9. The molecular formula is C17H23N5O3. The number of carbonyl (C=O) groups is 1. The van der Waals surface area contributed by atoms with Crippen molar-refractivity contribution < 1.29 is 14.3 Å². The van der Waals surface area contributed by atoms with Gasteiger partial charge in [0, 0.05) is 25.2 Å². The minimum absolute atomic E-state index is 0.264. The maximum Gasteiger partial charge on any atom is 0.274 e. The van der Waals surface area contributed by atoms with E-state index in [-0.39, 0.29) is 11.6 Å².